The predicted molar refractivity (Wildman–Crippen MR) is 157 cm³/mol. The highest BCUT2D eigenvalue weighted by molar-refractivity contribution is 8.02. The summed E-state index contributed by atoms with van der Waals surface area (Å²) in [6, 6.07) is 16.5. The summed E-state index contributed by atoms with van der Waals surface area (Å²) in [5.41, 5.74) is 5.96. The largest absolute Gasteiger partial charge is 0.493 e. The molecule has 3 N–H and O–H groups in total. The van der Waals surface area contributed by atoms with Gasteiger partial charge >= 0.3 is 6.03 Å². The number of hydrazine groups is 1. The van der Waals surface area contributed by atoms with E-state index >= 15 is 0 Å². The van der Waals surface area contributed by atoms with E-state index in [0.29, 0.717) is 17.9 Å². The van der Waals surface area contributed by atoms with Crippen LogP contribution < -0.4 is 25.6 Å². The maximum atomic E-state index is 13.3. The molecule has 0 saturated heterocycles. The number of fused-ring (bicyclic) bond motifs is 1. The fourth-order valence-corrected chi connectivity index (χ4v) is 5.63. The van der Waals surface area contributed by atoms with E-state index in [1.165, 1.54) is 36.9 Å². The molecule has 41 heavy (non-hydrogen) atoms. The molecule has 3 aromatic carbocycles. The van der Waals surface area contributed by atoms with Crippen LogP contribution in [0.1, 0.15) is 41.6 Å². The number of carbonyl (C=O) groups is 3. The van der Waals surface area contributed by atoms with Crippen molar-refractivity contribution in [3.05, 3.63) is 82.9 Å². The smallest absolute Gasteiger partial charge is 0.341 e. The van der Waals surface area contributed by atoms with Gasteiger partial charge in [-0.2, -0.15) is 0 Å². The molecule has 0 saturated carbocycles. The Morgan fingerprint density at radius 2 is 1.71 bits per heavy atom. The first kappa shape index (κ1) is 29.5. The third kappa shape index (κ3) is 6.63. The first-order chi connectivity index (χ1) is 19.8. The van der Waals surface area contributed by atoms with Crippen molar-refractivity contribution in [3.8, 4) is 11.5 Å². The summed E-state index contributed by atoms with van der Waals surface area (Å²) < 4.78 is 10.5. The monoisotopic (exact) mass is 575 g/mol. The summed E-state index contributed by atoms with van der Waals surface area (Å²) in [6.45, 7) is 3.82. The second-order valence-corrected chi connectivity index (χ2v) is 10.6. The molecule has 3 aromatic rings. The van der Waals surface area contributed by atoms with E-state index in [1.54, 1.807) is 17.5 Å². The fourth-order valence-electron chi connectivity index (χ4n) is 4.52. The van der Waals surface area contributed by atoms with Gasteiger partial charge in [0.25, 0.3) is 18.1 Å². The number of benzene rings is 3. The number of hydrogen-bond acceptors (Lipinski definition) is 7. The Morgan fingerprint density at radius 1 is 0.976 bits per heavy atom. The molecule has 213 valence electrons. The number of urea groups is 1. The van der Waals surface area contributed by atoms with Gasteiger partial charge in [0, 0.05) is 11.0 Å². The van der Waals surface area contributed by atoms with Crippen LogP contribution in [-0.4, -0.2) is 49.3 Å². The number of methoxy groups -OCH3 is 2. The van der Waals surface area contributed by atoms with E-state index in [-0.39, 0.29) is 17.2 Å². The zero-order chi connectivity index (χ0) is 29.5. The minimum atomic E-state index is -0.953. The maximum absolute atomic E-state index is 13.3. The molecular weight excluding hydrogens is 544 g/mol. The van der Waals surface area contributed by atoms with Crippen molar-refractivity contribution in [2.45, 2.75) is 31.7 Å². The number of rotatable bonds is 9. The quantitative estimate of drug-likeness (QED) is 0.322. The number of hydrogen-bond donors (Lipinski definition) is 3. The summed E-state index contributed by atoms with van der Waals surface area (Å²) >= 11 is 1.29. The SMILES string of the molecule is COc1ccc(C(=O)N[C@@H](CC(C)C)C(=O)NNC(=O)N2C([C]=O)=CSC2c2cccc3ccccc23)cc1OC. The van der Waals surface area contributed by atoms with Gasteiger partial charge < -0.3 is 14.8 Å². The highest BCUT2D eigenvalue weighted by Gasteiger charge is 2.35. The molecule has 11 heteroatoms. The van der Waals surface area contributed by atoms with E-state index in [9.17, 15) is 19.2 Å². The van der Waals surface area contributed by atoms with Crippen molar-refractivity contribution < 1.29 is 28.7 Å². The van der Waals surface area contributed by atoms with E-state index in [0.717, 1.165) is 16.3 Å². The van der Waals surface area contributed by atoms with Crippen LogP contribution in [0.5, 0.6) is 11.5 Å². The number of amides is 4. The molecule has 1 aliphatic rings. The van der Waals surface area contributed by atoms with Crippen LogP contribution in [0.3, 0.4) is 0 Å². The van der Waals surface area contributed by atoms with Crippen molar-refractivity contribution in [3.63, 3.8) is 0 Å². The molecule has 0 spiro atoms. The van der Waals surface area contributed by atoms with E-state index in [1.807, 2.05) is 62.6 Å². The number of nitrogens with one attached hydrogen (secondary N) is 3. The molecular formula is C30H31N4O6S. The maximum Gasteiger partial charge on any atom is 0.341 e. The Labute approximate surface area is 242 Å². The highest BCUT2D eigenvalue weighted by atomic mass is 32.2. The van der Waals surface area contributed by atoms with E-state index in [4.69, 9.17) is 9.47 Å². The van der Waals surface area contributed by atoms with Gasteiger partial charge in [-0.05, 0) is 46.9 Å². The normalized spacial score (nSPS) is 15.2. The zero-order valence-electron chi connectivity index (χ0n) is 23.1. The lowest BCUT2D eigenvalue weighted by molar-refractivity contribution is -0.124. The first-order valence-corrected chi connectivity index (χ1v) is 13.8. The second kappa shape index (κ2) is 13.2. The Bertz CT molecular complexity index is 1490. The van der Waals surface area contributed by atoms with Crippen molar-refractivity contribution in [2.75, 3.05) is 14.2 Å². The number of allylic oxidation sites excluding steroid dienone is 1. The Kier molecular flexibility index (Phi) is 9.51. The minimum Gasteiger partial charge on any atom is -0.493 e. The van der Waals surface area contributed by atoms with Crippen LogP contribution in [0.15, 0.2) is 71.8 Å². The van der Waals surface area contributed by atoms with Crippen molar-refractivity contribution >= 4 is 46.7 Å². The van der Waals surface area contributed by atoms with Gasteiger partial charge in [-0.15, -0.1) is 11.8 Å². The van der Waals surface area contributed by atoms with Gasteiger partial charge in [0.05, 0.1) is 14.2 Å². The number of carbonyl (C=O) groups excluding carboxylic acids is 4. The first-order valence-electron chi connectivity index (χ1n) is 12.9. The molecule has 1 unspecified atom stereocenters. The van der Waals surface area contributed by atoms with Gasteiger partial charge in [-0.1, -0.05) is 56.3 Å². The van der Waals surface area contributed by atoms with Gasteiger partial charge in [-0.25, -0.2) is 10.2 Å². The van der Waals surface area contributed by atoms with E-state index in [2.05, 4.69) is 16.2 Å². The molecule has 0 fully saturated rings. The third-order valence-electron chi connectivity index (χ3n) is 6.48. The van der Waals surface area contributed by atoms with Crippen molar-refractivity contribution in [1.29, 1.82) is 0 Å². The van der Waals surface area contributed by atoms with Crippen LogP contribution >= 0.6 is 11.8 Å². The highest BCUT2D eigenvalue weighted by Crippen LogP contribution is 2.44. The second-order valence-electron chi connectivity index (χ2n) is 9.68. The van der Waals surface area contributed by atoms with Crippen LogP contribution in [0.4, 0.5) is 4.79 Å². The van der Waals surface area contributed by atoms with Crippen molar-refractivity contribution in [2.24, 2.45) is 5.92 Å². The summed E-state index contributed by atoms with van der Waals surface area (Å²) in [6.07, 6.45) is 2.12. The average molecular weight is 576 g/mol. The van der Waals surface area contributed by atoms with E-state index < -0.39 is 29.3 Å². The molecule has 1 heterocycles. The molecule has 2 atom stereocenters. The lowest BCUT2D eigenvalue weighted by atomic mass is 10.0. The molecule has 4 rings (SSSR count). The summed E-state index contributed by atoms with van der Waals surface area (Å²) in [5, 5.41) is 5.67. The molecule has 1 radical (unpaired) electrons. The van der Waals surface area contributed by atoms with Crippen LogP contribution in [-0.2, 0) is 9.59 Å². The molecule has 4 amide bonds. The Morgan fingerprint density at radius 3 is 2.41 bits per heavy atom. The van der Waals surface area contributed by atoms with Crippen molar-refractivity contribution in [1.82, 2.24) is 21.1 Å². The standard InChI is InChI=1S/C30H31N4O6S/c1-18(2)14-24(31-27(36)20-12-13-25(39-3)26(15-20)40-4)28(37)32-33-30(38)34-21(16-35)17-41-29(34)23-11-7-9-19-8-5-6-10-22(19)23/h5-13,15,17-18,24,29H,14H2,1-4H3,(H,31,36)(H,32,37)(H,33,38)/t24-,29?/m0/s1. The predicted octanol–water partition coefficient (Wildman–Crippen LogP) is 4.44. The fraction of sp³-hybridized carbons (Fsp3) is 0.267. The molecule has 10 nitrogen and oxygen atoms in total. The topological polar surface area (TPSA) is 126 Å². The van der Waals surface area contributed by atoms with Gasteiger partial charge in [0.1, 0.15) is 17.1 Å². The van der Waals surface area contributed by atoms with Gasteiger partial charge in [-0.3, -0.25) is 24.7 Å². The third-order valence-corrected chi connectivity index (χ3v) is 7.56. The molecule has 1 aliphatic heterocycles. The number of nitrogens with zero attached hydrogens (tertiary/aromatic N) is 1. The lowest BCUT2D eigenvalue weighted by Gasteiger charge is -2.27. The summed E-state index contributed by atoms with van der Waals surface area (Å²) in [5.74, 6) is -0.221. The zero-order valence-corrected chi connectivity index (χ0v) is 23.9. The van der Waals surface area contributed by atoms with Crippen LogP contribution in [0.2, 0.25) is 0 Å². The molecule has 0 aromatic heterocycles. The van der Waals surface area contributed by atoms with Gasteiger partial charge in [0.2, 0.25) is 0 Å². The minimum absolute atomic E-state index is 0.0418. The summed E-state index contributed by atoms with van der Waals surface area (Å²) in [4.78, 5) is 52.4. The lowest BCUT2D eigenvalue weighted by Crippen LogP contribution is -2.55. The Balaban J connectivity index is 1.48. The van der Waals surface area contributed by atoms with Gasteiger partial charge in [0.15, 0.2) is 11.5 Å². The summed E-state index contributed by atoms with van der Waals surface area (Å²) in [7, 11) is 2.95. The average Bonchev–Trinajstić information content (AvgIpc) is 3.42. The van der Waals surface area contributed by atoms with Crippen LogP contribution in [0.25, 0.3) is 10.8 Å². The number of ether oxygens (including phenoxy) is 2. The molecule has 0 bridgehead atoms. The molecule has 0 aliphatic carbocycles. The number of thioether (sulfide) groups is 1. The van der Waals surface area contributed by atoms with Crippen LogP contribution in [0, 0.1) is 5.92 Å². The Hall–Kier alpha value is -4.51.